The summed E-state index contributed by atoms with van der Waals surface area (Å²) in [6.45, 7) is 1.31. The van der Waals surface area contributed by atoms with Gasteiger partial charge in [0, 0.05) is 11.1 Å². The first-order chi connectivity index (χ1) is 14.9. The standard InChI is InChI=1S/C22H21F3N2O4S/c1-13(14-6-8-20(18(9-14)12-28)27-32(2,30)31)26-21(29)17-4-3-16-11-19(22(23,24)25)7-5-15(16)10-17/h3-11,13,27-28H,12H2,1-2H3,(H,26,29). The number of halogens is 3. The molecule has 0 radical (unpaired) electrons. The molecule has 0 saturated heterocycles. The van der Waals surface area contributed by atoms with Crippen LogP contribution in [0.3, 0.4) is 0 Å². The van der Waals surface area contributed by atoms with Crippen LogP contribution in [-0.4, -0.2) is 25.7 Å². The Labute approximate surface area is 183 Å². The molecule has 170 valence electrons. The molecule has 32 heavy (non-hydrogen) atoms. The van der Waals surface area contributed by atoms with Gasteiger partial charge in [0.25, 0.3) is 5.91 Å². The van der Waals surface area contributed by atoms with E-state index in [1.54, 1.807) is 19.1 Å². The lowest BCUT2D eigenvalue weighted by atomic mass is 10.0. The summed E-state index contributed by atoms with van der Waals surface area (Å²) >= 11 is 0. The van der Waals surface area contributed by atoms with Crippen LogP contribution in [0.1, 0.15) is 40.0 Å². The van der Waals surface area contributed by atoms with Gasteiger partial charge in [0.1, 0.15) is 0 Å². The van der Waals surface area contributed by atoms with E-state index in [9.17, 15) is 31.5 Å². The Morgan fingerprint density at radius 1 is 1.03 bits per heavy atom. The summed E-state index contributed by atoms with van der Waals surface area (Å²) in [5, 5.41) is 13.2. The SMILES string of the molecule is CC(NC(=O)c1ccc2cc(C(F)(F)F)ccc2c1)c1ccc(NS(C)(=O)=O)c(CO)c1. The third-order valence-corrected chi connectivity index (χ3v) is 5.46. The number of aliphatic hydroxyl groups excluding tert-OH is 1. The van der Waals surface area contributed by atoms with E-state index in [2.05, 4.69) is 10.0 Å². The molecule has 3 N–H and O–H groups in total. The van der Waals surface area contributed by atoms with E-state index in [1.807, 2.05) is 0 Å². The Balaban J connectivity index is 1.79. The molecule has 0 saturated carbocycles. The lowest BCUT2D eigenvalue weighted by Gasteiger charge is -2.17. The van der Waals surface area contributed by atoms with Crippen molar-refractivity contribution in [3.8, 4) is 0 Å². The second-order valence-electron chi connectivity index (χ2n) is 7.42. The van der Waals surface area contributed by atoms with Crippen LogP contribution in [0, 0.1) is 0 Å². The van der Waals surface area contributed by atoms with E-state index in [0.717, 1.165) is 18.4 Å². The predicted molar refractivity (Wildman–Crippen MR) is 116 cm³/mol. The number of alkyl halides is 3. The molecule has 0 aliphatic rings. The fourth-order valence-electron chi connectivity index (χ4n) is 3.24. The first-order valence-electron chi connectivity index (χ1n) is 9.51. The number of hydrogen-bond acceptors (Lipinski definition) is 4. The van der Waals surface area contributed by atoms with Gasteiger partial charge in [-0.1, -0.05) is 18.2 Å². The Hall–Kier alpha value is -3.11. The van der Waals surface area contributed by atoms with Gasteiger partial charge in [0.2, 0.25) is 10.0 Å². The Kier molecular flexibility index (Phi) is 6.47. The smallest absolute Gasteiger partial charge is 0.392 e. The fourth-order valence-corrected chi connectivity index (χ4v) is 3.84. The highest BCUT2D eigenvalue weighted by Gasteiger charge is 2.30. The summed E-state index contributed by atoms with van der Waals surface area (Å²) in [4.78, 5) is 12.7. The predicted octanol–water partition coefficient (Wildman–Crippen LogP) is 4.21. The number of nitrogens with one attached hydrogen (secondary N) is 2. The average Bonchev–Trinajstić information content (AvgIpc) is 2.71. The van der Waals surface area contributed by atoms with Crippen LogP contribution in [0.15, 0.2) is 54.6 Å². The van der Waals surface area contributed by atoms with Gasteiger partial charge < -0.3 is 10.4 Å². The van der Waals surface area contributed by atoms with Gasteiger partial charge in [0.15, 0.2) is 0 Å². The molecule has 0 fully saturated rings. The summed E-state index contributed by atoms with van der Waals surface area (Å²) in [7, 11) is -3.52. The number of anilines is 1. The maximum absolute atomic E-state index is 12.9. The number of amides is 1. The number of carbonyl (C=O) groups excluding carboxylic acids is 1. The second-order valence-corrected chi connectivity index (χ2v) is 9.17. The van der Waals surface area contributed by atoms with Crippen molar-refractivity contribution >= 4 is 32.4 Å². The summed E-state index contributed by atoms with van der Waals surface area (Å²) in [5.74, 6) is -0.428. The topological polar surface area (TPSA) is 95.5 Å². The van der Waals surface area contributed by atoms with Crippen molar-refractivity contribution < 1.29 is 31.5 Å². The van der Waals surface area contributed by atoms with Crippen LogP contribution in [0.2, 0.25) is 0 Å². The molecule has 0 heterocycles. The highest BCUT2D eigenvalue weighted by molar-refractivity contribution is 7.92. The monoisotopic (exact) mass is 466 g/mol. The largest absolute Gasteiger partial charge is 0.416 e. The summed E-state index contributed by atoms with van der Waals surface area (Å²) in [6.07, 6.45) is -3.45. The quantitative estimate of drug-likeness (QED) is 0.507. The van der Waals surface area contributed by atoms with E-state index >= 15 is 0 Å². The van der Waals surface area contributed by atoms with E-state index in [-0.39, 0.29) is 11.3 Å². The van der Waals surface area contributed by atoms with E-state index in [0.29, 0.717) is 21.9 Å². The molecule has 0 aliphatic heterocycles. The van der Waals surface area contributed by atoms with Gasteiger partial charge in [-0.3, -0.25) is 9.52 Å². The fraction of sp³-hybridized carbons (Fsp3) is 0.227. The highest BCUT2D eigenvalue weighted by Crippen LogP contribution is 2.31. The zero-order chi connectivity index (χ0) is 23.7. The third-order valence-electron chi connectivity index (χ3n) is 4.87. The molecule has 10 heteroatoms. The Morgan fingerprint density at radius 2 is 1.69 bits per heavy atom. The molecule has 0 bridgehead atoms. The van der Waals surface area contributed by atoms with Crippen molar-refractivity contribution in [3.63, 3.8) is 0 Å². The lowest BCUT2D eigenvalue weighted by molar-refractivity contribution is -0.137. The molecular weight excluding hydrogens is 445 g/mol. The number of fused-ring (bicyclic) bond motifs is 1. The van der Waals surface area contributed by atoms with Crippen LogP contribution in [0.25, 0.3) is 10.8 Å². The minimum Gasteiger partial charge on any atom is -0.392 e. The third kappa shape index (κ3) is 5.57. The molecule has 3 aromatic carbocycles. The first-order valence-corrected chi connectivity index (χ1v) is 11.4. The van der Waals surface area contributed by atoms with Crippen LogP contribution in [0.4, 0.5) is 18.9 Å². The van der Waals surface area contributed by atoms with Crippen molar-refractivity contribution in [2.45, 2.75) is 25.7 Å². The number of sulfonamides is 1. The number of aliphatic hydroxyl groups is 1. The van der Waals surface area contributed by atoms with Gasteiger partial charge in [-0.25, -0.2) is 8.42 Å². The normalized spacial score (nSPS) is 13.1. The molecule has 1 amide bonds. The van der Waals surface area contributed by atoms with Gasteiger partial charge in [0.05, 0.1) is 30.2 Å². The van der Waals surface area contributed by atoms with Crippen molar-refractivity contribution in [1.82, 2.24) is 5.32 Å². The van der Waals surface area contributed by atoms with Crippen LogP contribution >= 0.6 is 0 Å². The molecule has 6 nitrogen and oxygen atoms in total. The Bertz CT molecular complexity index is 1270. The van der Waals surface area contributed by atoms with Crippen LogP contribution in [0.5, 0.6) is 0 Å². The molecule has 3 aromatic rings. The zero-order valence-corrected chi connectivity index (χ0v) is 18.0. The highest BCUT2D eigenvalue weighted by atomic mass is 32.2. The molecule has 1 unspecified atom stereocenters. The van der Waals surface area contributed by atoms with Gasteiger partial charge >= 0.3 is 6.18 Å². The zero-order valence-electron chi connectivity index (χ0n) is 17.2. The molecular formula is C22H21F3N2O4S. The lowest BCUT2D eigenvalue weighted by Crippen LogP contribution is -2.26. The molecule has 0 spiro atoms. The van der Waals surface area contributed by atoms with Crippen LogP contribution in [-0.2, 0) is 22.8 Å². The average molecular weight is 466 g/mol. The van der Waals surface area contributed by atoms with Crippen molar-refractivity contribution in [2.75, 3.05) is 11.0 Å². The molecule has 0 aromatic heterocycles. The maximum Gasteiger partial charge on any atom is 0.416 e. The summed E-state index contributed by atoms with van der Waals surface area (Å²) in [6, 6.07) is 11.9. The van der Waals surface area contributed by atoms with E-state index in [4.69, 9.17) is 0 Å². The maximum atomic E-state index is 12.9. The summed E-state index contributed by atoms with van der Waals surface area (Å²) < 4.78 is 63.8. The minimum atomic E-state index is -4.44. The van der Waals surface area contributed by atoms with Crippen molar-refractivity contribution in [1.29, 1.82) is 0 Å². The number of benzene rings is 3. The minimum absolute atomic E-state index is 0.241. The van der Waals surface area contributed by atoms with Crippen LogP contribution < -0.4 is 10.0 Å². The Morgan fingerprint density at radius 3 is 2.31 bits per heavy atom. The van der Waals surface area contributed by atoms with Gasteiger partial charge in [-0.2, -0.15) is 13.2 Å². The van der Waals surface area contributed by atoms with E-state index < -0.39 is 40.3 Å². The molecule has 0 aliphatic carbocycles. The van der Waals surface area contributed by atoms with Crippen molar-refractivity contribution in [3.05, 3.63) is 76.9 Å². The number of carbonyl (C=O) groups is 1. The second kappa shape index (κ2) is 8.79. The first kappa shape index (κ1) is 23.6. The van der Waals surface area contributed by atoms with Gasteiger partial charge in [-0.15, -0.1) is 0 Å². The number of rotatable bonds is 6. The molecule has 1 atom stereocenters. The van der Waals surface area contributed by atoms with E-state index in [1.165, 1.54) is 30.3 Å². The van der Waals surface area contributed by atoms with Gasteiger partial charge in [-0.05, 0) is 59.7 Å². The molecule has 3 rings (SSSR count). The number of hydrogen-bond donors (Lipinski definition) is 3. The summed E-state index contributed by atoms with van der Waals surface area (Å²) in [5.41, 5.74) is 0.744. The van der Waals surface area contributed by atoms with Crippen molar-refractivity contribution in [2.24, 2.45) is 0 Å².